The van der Waals surface area contributed by atoms with Gasteiger partial charge in [0.1, 0.15) is 0 Å². The molecule has 0 heterocycles. The molecule has 0 amide bonds. The van der Waals surface area contributed by atoms with Crippen molar-refractivity contribution in [2.45, 2.75) is 51.5 Å². The van der Waals surface area contributed by atoms with Crippen molar-refractivity contribution in [1.82, 2.24) is 0 Å². The predicted molar refractivity (Wildman–Crippen MR) is 70.2 cm³/mol. The molecule has 0 radical (unpaired) electrons. The van der Waals surface area contributed by atoms with E-state index < -0.39 is 0 Å². The lowest BCUT2D eigenvalue weighted by Gasteiger charge is -2.49. The minimum absolute atomic E-state index is 0.203. The second kappa shape index (κ2) is 9.16. The van der Waals surface area contributed by atoms with Crippen LogP contribution in [0, 0.1) is 5.41 Å². The summed E-state index contributed by atoms with van der Waals surface area (Å²) < 4.78 is 5.39. The molecule has 1 saturated carbocycles. The molecule has 1 aliphatic carbocycles. The first-order chi connectivity index (χ1) is 7.70. The van der Waals surface area contributed by atoms with Crippen molar-refractivity contribution in [3.05, 3.63) is 0 Å². The maximum Gasteiger partial charge on any atom is 0.164 e. The summed E-state index contributed by atoms with van der Waals surface area (Å²) >= 11 is 0. The highest BCUT2D eigenvalue weighted by molar-refractivity contribution is 6.30. The van der Waals surface area contributed by atoms with Gasteiger partial charge in [-0.2, -0.15) is 0 Å². The fourth-order valence-corrected chi connectivity index (χ4v) is 4.51. The number of hydrogen-bond donors (Lipinski definition) is 0. The summed E-state index contributed by atoms with van der Waals surface area (Å²) in [5.41, 5.74) is 1.71. The zero-order valence-corrected chi connectivity index (χ0v) is 13.0. The summed E-state index contributed by atoms with van der Waals surface area (Å²) in [6, 6.07) is 0. The van der Waals surface area contributed by atoms with Gasteiger partial charge in [-0.1, -0.05) is 33.1 Å². The zero-order chi connectivity index (χ0) is 12.4. The molecule has 98 valence electrons. The van der Waals surface area contributed by atoms with Gasteiger partial charge in [0.05, 0.1) is 14.2 Å². The maximum atomic E-state index is 5.39. The van der Waals surface area contributed by atoms with Crippen LogP contribution < -0.4 is 0 Å². The molecule has 0 saturated heterocycles. The Labute approximate surface area is 103 Å². The Bertz CT molecular complexity index is 160. The Morgan fingerprint density at radius 2 is 1.81 bits per heavy atom. The first-order valence-electron chi connectivity index (χ1n) is 6.26. The normalized spacial score (nSPS) is 28.7. The minimum Gasteiger partial charge on any atom is -0.427 e. The molecular formula is C12H28O3Si. The fourth-order valence-electron chi connectivity index (χ4n) is 2.69. The van der Waals surface area contributed by atoms with Crippen molar-refractivity contribution in [2.24, 2.45) is 5.41 Å². The SMILES string of the molecule is CCC[C@@]1(CC)CCC1[SiH2]OC.COOC. The standard InChI is InChI=1S/C10H22OSi.C2H6O2/c1-4-7-10(5-2)8-6-9(10)12-11-3;1-3-4-2/h9H,4-8,12H2,1-3H3;1-2H3/t9?,10-;/m0./s1. The summed E-state index contributed by atoms with van der Waals surface area (Å²) in [6.45, 7) is 4.66. The average molecular weight is 248 g/mol. The van der Waals surface area contributed by atoms with Crippen LogP contribution in [0.25, 0.3) is 0 Å². The lowest BCUT2D eigenvalue weighted by molar-refractivity contribution is -0.248. The molecule has 16 heavy (non-hydrogen) atoms. The molecule has 0 aromatic carbocycles. The van der Waals surface area contributed by atoms with E-state index in [2.05, 4.69) is 23.6 Å². The highest BCUT2D eigenvalue weighted by Crippen LogP contribution is 2.56. The van der Waals surface area contributed by atoms with Gasteiger partial charge in [0.15, 0.2) is 9.76 Å². The molecule has 3 nitrogen and oxygen atoms in total. The summed E-state index contributed by atoms with van der Waals surface area (Å²) in [5.74, 6) is 0. The molecule has 0 N–H and O–H groups in total. The molecule has 0 bridgehead atoms. The Hall–Kier alpha value is 0.0969. The van der Waals surface area contributed by atoms with Crippen LogP contribution in [0.5, 0.6) is 0 Å². The first-order valence-corrected chi connectivity index (χ1v) is 7.65. The molecule has 0 aliphatic heterocycles. The molecule has 1 aliphatic rings. The van der Waals surface area contributed by atoms with E-state index in [-0.39, 0.29) is 9.76 Å². The molecular weight excluding hydrogens is 220 g/mol. The van der Waals surface area contributed by atoms with Crippen LogP contribution in [0.1, 0.15) is 46.0 Å². The van der Waals surface area contributed by atoms with Crippen molar-refractivity contribution in [1.29, 1.82) is 0 Å². The van der Waals surface area contributed by atoms with Gasteiger partial charge >= 0.3 is 0 Å². The van der Waals surface area contributed by atoms with E-state index in [1.54, 1.807) is 0 Å². The third-order valence-electron chi connectivity index (χ3n) is 3.84. The van der Waals surface area contributed by atoms with Crippen molar-refractivity contribution in [3.8, 4) is 0 Å². The summed E-state index contributed by atoms with van der Waals surface area (Å²) in [7, 11) is 4.60. The van der Waals surface area contributed by atoms with Crippen LogP contribution in [-0.4, -0.2) is 31.1 Å². The van der Waals surface area contributed by atoms with E-state index in [1.807, 2.05) is 7.11 Å². The van der Waals surface area contributed by atoms with Gasteiger partial charge in [0.2, 0.25) is 0 Å². The van der Waals surface area contributed by atoms with E-state index in [1.165, 1.54) is 46.3 Å². The number of hydrogen-bond acceptors (Lipinski definition) is 3. The van der Waals surface area contributed by atoms with Crippen molar-refractivity contribution in [3.63, 3.8) is 0 Å². The van der Waals surface area contributed by atoms with Gasteiger partial charge in [-0.15, -0.1) is 0 Å². The highest BCUT2D eigenvalue weighted by atomic mass is 28.2. The van der Waals surface area contributed by atoms with Crippen molar-refractivity contribution in [2.75, 3.05) is 21.3 Å². The largest absolute Gasteiger partial charge is 0.427 e. The topological polar surface area (TPSA) is 27.7 Å². The average Bonchev–Trinajstić information content (AvgIpc) is 2.31. The lowest BCUT2D eigenvalue weighted by Crippen LogP contribution is -2.39. The summed E-state index contributed by atoms with van der Waals surface area (Å²) in [6.07, 6.45) is 7.08. The van der Waals surface area contributed by atoms with E-state index in [0.29, 0.717) is 0 Å². The monoisotopic (exact) mass is 248 g/mol. The minimum atomic E-state index is -0.203. The van der Waals surface area contributed by atoms with Gasteiger partial charge in [-0.3, -0.25) is 0 Å². The van der Waals surface area contributed by atoms with E-state index in [4.69, 9.17) is 4.43 Å². The Morgan fingerprint density at radius 3 is 2.06 bits per heavy atom. The van der Waals surface area contributed by atoms with Gasteiger partial charge in [0, 0.05) is 7.11 Å². The van der Waals surface area contributed by atoms with Gasteiger partial charge in [0.25, 0.3) is 0 Å². The predicted octanol–water partition coefficient (Wildman–Crippen LogP) is 2.69. The Morgan fingerprint density at radius 1 is 1.19 bits per heavy atom. The molecule has 0 aromatic heterocycles. The molecule has 1 unspecified atom stereocenters. The van der Waals surface area contributed by atoms with E-state index >= 15 is 0 Å². The molecule has 1 fully saturated rings. The van der Waals surface area contributed by atoms with E-state index in [0.717, 1.165) is 11.0 Å². The van der Waals surface area contributed by atoms with Crippen LogP contribution in [0.3, 0.4) is 0 Å². The fraction of sp³-hybridized carbons (Fsp3) is 1.00. The third-order valence-corrected chi connectivity index (χ3v) is 5.85. The summed E-state index contributed by atoms with van der Waals surface area (Å²) in [5, 5.41) is 0. The van der Waals surface area contributed by atoms with Crippen LogP contribution in [0.4, 0.5) is 0 Å². The van der Waals surface area contributed by atoms with Crippen molar-refractivity contribution < 1.29 is 14.2 Å². The summed E-state index contributed by atoms with van der Waals surface area (Å²) in [4.78, 5) is 8.08. The molecule has 0 spiro atoms. The Balaban J connectivity index is 0.000000487. The van der Waals surface area contributed by atoms with E-state index in [9.17, 15) is 0 Å². The second-order valence-corrected chi connectivity index (χ2v) is 6.39. The molecule has 2 atom stereocenters. The Kier molecular flexibility index (Phi) is 9.22. The second-order valence-electron chi connectivity index (χ2n) is 4.49. The highest BCUT2D eigenvalue weighted by Gasteiger charge is 2.44. The lowest BCUT2D eigenvalue weighted by atomic mass is 9.64. The third kappa shape index (κ3) is 4.53. The van der Waals surface area contributed by atoms with Gasteiger partial charge in [-0.25, -0.2) is 9.78 Å². The zero-order valence-electron chi connectivity index (χ0n) is 11.5. The molecule has 4 heteroatoms. The van der Waals surface area contributed by atoms with Crippen LogP contribution in [0.2, 0.25) is 5.54 Å². The van der Waals surface area contributed by atoms with Gasteiger partial charge in [-0.05, 0) is 23.8 Å². The van der Waals surface area contributed by atoms with Gasteiger partial charge < -0.3 is 4.43 Å². The van der Waals surface area contributed by atoms with Crippen LogP contribution in [0.15, 0.2) is 0 Å². The first kappa shape index (κ1) is 16.1. The van der Waals surface area contributed by atoms with Crippen molar-refractivity contribution >= 4 is 9.76 Å². The number of rotatable bonds is 6. The maximum absolute atomic E-state index is 5.39. The van der Waals surface area contributed by atoms with Crippen LogP contribution >= 0.6 is 0 Å². The molecule has 0 aromatic rings. The molecule has 1 rings (SSSR count). The van der Waals surface area contributed by atoms with Crippen LogP contribution in [-0.2, 0) is 14.2 Å². The smallest absolute Gasteiger partial charge is 0.164 e. The quantitative estimate of drug-likeness (QED) is 0.411.